The van der Waals surface area contributed by atoms with Crippen LogP contribution >= 0.6 is 0 Å². The van der Waals surface area contributed by atoms with Crippen molar-refractivity contribution in [2.45, 2.75) is 20.8 Å². The second-order valence-corrected chi connectivity index (χ2v) is 3.18. The first kappa shape index (κ1) is 19.3. The van der Waals surface area contributed by atoms with Gasteiger partial charge >= 0.3 is 0 Å². The third-order valence-corrected chi connectivity index (χ3v) is 1.70. The van der Waals surface area contributed by atoms with E-state index in [1.54, 1.807) is 6.08 Å². The van der Waals surface area contributed by atoms with E-state index in [-0.39, 0.29) is 0 Å². The zero-order valence-corrected chi connectivity index (χ0v) is 12.4. The largest absolute Gasteiger partial charge is 0.103 e. The molecule has 0 saturated heterocycles. The fraction of sp³-hybridized carbons (Fsp3) is 0.158. The van der Waals surface area contributed by atoms with Crippen LogP contribution in [0.15, 0.2) is 86.0 Å². The van der Waals surface area contributed by atoms with Crippen LogP contribution in [0.4, 0.5) is 0 Å². The van der Waals surface area contributed by atoms with E-state index in [0.29, 0.717) is 0 Å². The predicted octanol–water partition coefficient (Wildman–Crippen LogP) is 6.23. The molecular formula is C19H26. The lowest BCUT2D eigenvalue weighted by atomic mass is 10.2. The maximum absolute atomic E-state index is 3.63. The van der Waals surface area contributed by atoms with Crippen molar-refractivity contribution in [3.8, 4) is 0 Å². The van der Waals surface area contributed by atoms with Gasteiger partial charge in [0.2, 0.25) is 0 Å². The van der Waals surface area contributed by atoms with Gasteiger partial charge in [-0.25, -0.2) is 0 Å². The first-order chi connectivity index (χ1) is 9.35. The van der Waals surface area contributed by atoms with Gasteiger partial charge in [-0.2, -0.15) is 0 Å². The molecule has 0 bridgehead atoms. The lowest BCUT2D eigenvalue weighted by Gasteiger charge is -1.85. The summed E-state index contributed by atoms with van der Waals surface area (Å²) in [5, 5.41) is 0. The van der Waals surface area contributed by atoms with Gasteiger partial charge in [0.1, 0.15) is 0 Å². The first-order valence-corrected chi connectivity index (χ1v) is 6.59. The molecule has 0 radical (unpaired) electrons. The quantitative estimate of drug-likeness (QED) is 0.529. The Morgan fingerprint density at radius 1 is 0.684 bits per heavy atom. The molecule has 0 N–H and O–H groups in total. The average Bonchev–Trinajstić information content (AvgIpc) is 2.53. The first-order valence-electron chi connectivity index (χ1n) is 6.59. The van der Waals surface area contributed by atoms with Crippen LogP contribution in [0.2, 0.25) is 0 Å². The summed E-state index contributed by atoms with van der Waals surface area (Å²) in [6, 6.07) is 22.0. The van der Waals surface area contributed by atoms with Crippen LogP contribution in [0, 0.1) is 0 Å². The van der Waals surface area contributed by atoms with Gasteiger partial charge in [0.15, 0.2) is 0 Å². The Labute approximate surface area is 119 Å². The molecule has 2 aromatic carbocycles. The SMILES string of the molecule is C=CC.C=Cc1ccccc1.CC.c1ccccc1. The van der Waals surface area contributed by atoms with Crippen molar-refractivity contribution in [3.63, 3.8) is 0 Å². The maximum Gasteiger partial charge on any atom is -0.0263 e. The van der Waals surface area contributed by atoms with E-state index < -0.39 is 0 Å². The smallest absolute Gasteiger partial charge is 0.0263 e. The predicted molar refractivity (Wildman–Crippen MR) is 90.2 cm³/mol. The highest BCUT2D eigenvalue weighted by Crippen LogP contribution is 1.97. The number of allylic oxidation sites excluding steroid dienone is 1. The van der Waals surface area contributed by atoms with Crippen LogP contribution in [-0.4, -0.2) is 0 Å². The molecule has 0 heterocycles. The Kier molecular flexibility index (Phi) is 18.5. The van der Waals surface area contributed by atoms with E-state index in [2.05, 4.69) is 13.2 Å². The highest BCUT2D eigenvalue weighted by molar-refractivity contribution is 5.45. The molecule has 0 aromatic heterocycles. The number of hydrogen-bond acceptors (Lipinski definition) is 0. The second kappa shape index (κ2) is 18.3. The standard InChI is InChI=1S/C8H8.C6H6.C3H6.C2H6/c1-2-8-6-4-3-5-7-8;1-2-4-6-5-3-1;1-3-2;1-2/h2-7H,1H2;1-6H;3H,1H2,2H3;1-2H3. The molecule has 0 aliphatic carbocycles. The van der Waals surface area contributed by atoms with E-state index in [1.165, 1.54) is 5.56 Å². The molecule has 0 saturated carbocycles. The lowest BCUT2D eigenvalue weighted by molar-refractivity contribution is 1.50. The molecule has 0 amide bonds. The average molecular weight is 254 g/mol. The molecule has 0 aliphatic rings. The van der Waals surface area contributed by atoms with Gasteiger partial charge in [-0.05, 0) is 12.5 Å². The van der Waals surface area contributed by atoms with Crippen LogP contribution in [0.1, 0.15) is 26.3 Å². The summed E-state index contributed by atoms with van der Waals surface area (Å²) < 4.78 is 0. The third kappa shape index (κ3) is 15.9. The topological polar surface area (TPSA) is 0 Å². The Morgan fingerprint density at radius 3 is 1.16 bits per heavy atom. The van der Waals surface area contributed by atoms with Crippen molar-refractivity contribution in [3.05, 3.63) is 91.5 Å². The van der Waals surface area contributed by atoms with Crippen LogP contribution in [0.5, 0.6) is 0 Å². The Hall–Kier alpha value is -2.08. The Bertz CT molecular complexity index is 347. The van der Waals surface area contributed by atoms with Crippen LogP contribution in [-0.2, 0) is 0 Å². The number of rotatable bonds is 1. The van der Waals surface area contributed by atoms with E-state index in [4.69, 9.17) is 0 Å². The Balaban J connectivity index is 0. The molecule has 0 spiro atoms. The fourth-order valence-corrected chi connectivity index (χ4v) is 0.974. The summed E-state index contributed by atoms with van der Waals surface area (Å²) in [6.07, 6.45) is 3.58. The van der Waals surface area contributed by atoms with Crippen LogP contribution < -0.4 is 0 Å². The summed E-state index contributed by atoms with van der Waals surface area (Å²) >= 11 is 0. The maximum atomic E-state index is 3.63. The van der Waals surface area contributed by atoms with Crippen molar-refractivity contribution in [1.29, 1.82) is 0 Å². The second-order valence-electron chi connectivity index (χ2n) is 3.18. The lowest BCUT2D eigenvalue weighted by Crippen LogP contribution is -1.63. The number of benzene rings is 2. The van der Waals surface area contributed by atoms with E-state index in [9.17, 15) is 0 Å². The molecule has 0 unspecified atom stereocenters. The summed E-state index contributed by atoms with van der Waals surface area (Å²) in [7, 11) is 0. The van der Waals surface area contributed by atoms with Gasteiger partial charge in [-0.1, -0.05) is 99.3 Å². The van der Waals surface area contributed by atoms with Gasteiger partial charge in [0.05, 0.1) is 0 Å². The van der Waals surface area contributed by atoms with Gasteiger partial charge in [-0.15, -0.1) is 6.58 Å². The summed E-state index contributed by atoms with van der Waals surface area (Å²) in [5.74, 6) is 0. The molecule has 0 fully saturated rings. The van der Waals surface area contributed by atoms with E-state index in [0.717, 1.165) is 0 Å². The van der Waals surface area contributed by atoms with Crippen LogP contribution in [0.25, 0.3) is 6.08 Å². The molecular weight excluding hydrogens is 228 g/mol. The van der Waals surface area contributed by atoms with Crippen molar-refractivity contribution in [2.24, 2.45) is 0 Å². The molecule has 0 atom stereocenters. The minimum absolute atomic E-state index is 1.17. The molecule has 19 heavy (non-hydrogen) atoms. The molecule has 0 heteroatoms. The zero-order chi connectivity index (χ0) is 14.8. The highest BCUT2D eigenvalue weighted by atomic mass is 13.8. The highest BCUT2D eigenvalue weighted by Gasteiger charge is 1.75. The van der Waals surface area contributed by atoms with E-state index in [1.807, 2.05) is 93.6 Å². The zero-order valence-electron chi connectivity index (χ0n) is 12.4. The molecule has 2 rings (SSSR count). The molecule has 0 aliphatic heterocycles. The minimum Gasteiger partial charge on any atom is -0.103 e. The Morgan fingerprint density at radius 2 is 0.947 bits per heavy atom. The number of hydrogen-bond donors (Lipinski definition) is 0. The molecule has 0 nitrogen and oxygen atoms in total. The van der Waals surface area contributed by atoms with Crippen molar-refractivity contribution in [2.75, 3.05) is 0 Å². The third-order valence-electron chi connectivity index (χ3n) is 1.70. The fourth-order valence-electron chi connectivity index (χ4n) is 0.974. The van der Waals surface area contributed by atoms with Crippen molar-refractivity contribution in [1.82, 2.24) is 0 Å². The van der Waals surface area contributed by atoms with Gasteiger partial charge < -0.3 is 0 Å². The summed E-state index contributed by atoms with van der Waals surface area (Å²) in [6.45, 7) is 12.9. The van der Waals surface area contributed by atoms with Crippen LogP contribution in [0.3, 0.4) is 0 Å². The summed E-state index contributed by atoms with van der Waals surface area (Å²) in [5.41, 5.74) is 1.17. The minimum atomic E-state index is 1.17. The summed E-state index contributed by atoms with van der Waals surface area (Å²) in [4.78, 5) is 0. The van der Waals surface area contributed by atoms with Gasteiger partial charge in [0.25, 0.3) is 0 Å². The van der Waals surface area contributed by atoms with Gasteiger partial charge in [-0.3, -0.25) is 0 Å². The van der Waals surface area contributed by atoms with Crippen molar-refractivity contribution < 1.29 is 0 Å². The monoisotopic (exact) mass is 254 g/mol. The van der Waals surface area contributed by atoms with E-state index >= 15 is 0 Å². The molecule has 102 valence electrons. The van der Waals surface area contributed by atoms with Gasteiger partial charge in [0, 0.05) is 0 Å². The van der Waals surface area contributed by atoms with Crippen molar-refractivity contribution >= 4 is 6.08 Å². The normalized spacial score (nSPS) is 7.11. The molecule has 2 aromatic rings.